The van der Waals surface area contributed by atoms with Gasteiger partial charge in [0.1, 0.15) is 0 Å². The lowest BCUT2D eigenvalue weighted by atomic mass is 9.66. The minimum atomic E-state index is -1.76. The maximum absolute atomic E-state index is 16.2. The summed E-state index contributed by atoms with van der Waals surface area (Å²) in [5.41, 5.74) is -1.06. The lowest BCUT2D eigenvalue weighted by Crippen LogP contribution is -2.75. The molecule has 38 heavy (non-hydrogen) atoms. The maximum atomic E-state index is 16.2. The standard InChI is InChI=1S/C24H24FN7O6/c1-10-8-31-16-12(6-24(18(31)11(2)37-10)21(34)27-23(36)28-22(24)35)5-14-17(15(16)25)38-29-19(14)32-9-13(7-26-32)20(33)30(3)4/h5,7,9-11,18H,6,8H2,1-4H3,(H2,27,28,34,35,36). The first-order valence-electron chi connectivity index (χ1n) is 12.0. The van der Waals surface area contributed by atoms with Crippen LogP contribution in [0.1, 0.15) is 29.8 Å². The Balaban J connectivity index is 1.54. The number of rotatable bonds is 2. The van der Waals surface area contributed by atoms with Gasteiger partial charge in [0.25, 0.3) is 5.91 Å². The SMILES string of the molecule is CC1CN2c3c(cc4c(-n5cc(C(=O)N(C)C)cn5)noc4c3F)CC3(C(=O)NC(=O)NC3=O)C2C(C)O1. The van der Waals surface area contributed by atoms with E-state index in [1.54, 1.807) is 32.0 Å². The Labute approximate surface area is 214 Å². The van der Waals surface area contributed by atoms with Crippen LogP contribution in [0.15, 0.2) is 23.0 Å². The number of carbonyl (C=O) groups is 4. The number of benzene rings is 1. The third kappa shape index (κ3) is 3.19. The van der Waals surface area contributed by atoms with Gasteiger partial charge in [-0.05, 0) is 25.5 Å². The van der Waals surface area contributed by atoms with Crippen molar-refractivity contribution in [2.75, 3.05) is 25.5 Å². The molecule has 3 atom stereocenters. The van der Waals surface area contributed by atoms with Gasteiger partial charge in [-0.2, -0.15) is 5.10 Å². The monoisotopic (exact) mass is 525 g/mol. The van der Waals surface area contributed by atoms with Gasteiger partial charge < -0.3 is 19.1 Å². The van der Waals surface area contributed by atoms with Crippen molar-refractivity contribution in [3.05, 3.63) is 35.4 Å². The number of amides is 5. The molecule has 2 saturated heterocycles. The van der Waals surface area contributed by atoms with Gasteiger partial charge in [-0.15, -0.1) is 0 Å². The number of morpholine rings is 1. The average Bonchev–Trinajstić information content (AvgIpc) is 3.48. The zero-order valence-electron chi connectivity index (χ0n) is 20.9. The summed E-state index contributed by atoms with van der Waals surface area (Å²) in [6, 6.07) is -0.196. The van der Waals surface area contributed by atoms with Crippen LogP contribution in [0.4, 0.5) is 14.9 Å². The molecule has 14 heteroatoms. The van der Waals surface area contributed by atoms with Crippen LogP contribution in [-0.4, -0.2) is 82.5 Å². The molecule has 0 radical (unpaired) electrons. The van der Waals surface area contributed by atoms with Gasteiger partial charge in [-0.3, -0.25) is 25.0 Å². The average molecular weight is 525 g/mol. The molecular formula is C24H24FN7O6. The molecule has 0 bridgehead atoms. The molecule has 0 aliphatic carbocycles. The van der Waals surface area contributed by atoms with Gasteiger partial charge >= 0.3 is 6.03 Å². The number of urea groups is 1. The number of halogens is 1. The van der Waals surface area contributed by atoms with E-state index in [4.69, 9.17) is 9.26 Å². The largest absolute Gasteiger partial charge is 0.372 e. The van der Waals surface area contributed by atoms with E-state index in [-0.39, 0.29) is 47.5 Å². The Morgan fingerprint density at radius 1 is 1.21 bits per heavy atom. The summed E-state index contributed by atoms with van der Waals surface area (Å²) in [6.07, 6.45) is 1.64. The van der Waals surface area contributed by atoms with E-state index in [0.717, 1.165) is 0 Å². The predicted molar refractivity (Wildman–Crippen MR) is 128 cm³/mol. The fourth-order valence-electron chi connectivity index (χ4n) is 5.91. The molecule has 3 aliphatic heterocycles. The number of hydrogen-bond acceptors (Lipinski definition) is 9. The van der Waals surface area contributed by atoms with E-state index in [1.807, 2.05) is 6.92 Å². The van der Waals surface area contributed by atoms with Gasteiger partial charge in [0.2, 0.25) is 23.2 Å². The van der Waals surface area contributed by atoms with Crippen LogP contribution in [-0.2, 0) is 20.7 Å². The second-order valence-electron chi connectivity index (χ2n) is 10.1. The summed E-state index contributed by atoms with van der Waals surface area (Å²) >= 11 is 0. The number of ether oxygens (including phenoxy) is 1. The molecule has 3 unspecified atom stereocenters. The molecule has 5 amide bonds. The molecular weight excluding hydrogens is 501 g/mol. The highest BCUT2D eigenvalue weighted by Crippen LogP contribution is 2.49. The summed E-state index contributed by atoms with van der Waals surface area (Å²) in [5.74, 6) is -2.40. The van der Waals surface area contributed by atoms with Gasteiger partial charge in [0.15, 0.2) is 11.2 Å². The number of hydrogen-bond donors (Lipinski definition) is 2. The molecule has 3 aliphatic rings. The molecule has 2 aromatic heterocycles. The number of nitrogens with one attached hydrogen (secondary N) is 2. The highest BCUT2D eigenvalue weighted by atomic mass is 19.1. The third-order valence-electron chi connectivity index (χ3n) is 7.40. The van der Waals surface area contributed by atoms with Crippen LogP contribution in [0.3, 0.4) is 0 Å². The minimum Gasteiger partial charge on any atom is -0.372 e. The molecule has 198 valence electrons. The maximum Gasteiger partial charge on any atom is 0.328 e. The second kappa shape index (κ2) is 8.08. The molecule has 1 spiro atoms. The number of carbonyl (C=O) groups excluding carboxylic acids is 4. The zero-order chi connectivity index (χ0) is 27.1. The van der Waals surface area contributed by atoms with Gasteiger partial charge in [-0.1, -0.05) is 5.16 Å². The quantitative estimate of drug-likeness (QED) is 0.462. The lowest BCUT2D eigenvalue weighted by Gasteiger charge is -2.55. The highest BCUT2D eigenvalue weighted by molar-refractivity contribution is 6.20. The zero-order valence-corrected chi connectivity index (χ0v) is 20.9. The fraction of sp³-hybridized carbons (Fsp3) is 0.417. The number of aromatic nitrogens is 3. The van der Waals surface area contributed by atoms with Crippen LogP contribution < -0.4 is 15.5 Å². The van der Waals surface area contributed by atoms with Crippen molar-refractivity contribution in [2.45, 2.75) is 38.5 Å². The highest BCUT2D eigenvalue weighted by Gasteiger charge is 2.63. The molecule has 6 rings (SSSR count). The van der Waals surface area contributed by atoms with E-state index >= 15 is 4.39 Å². The third-order valence-corrected chi connectivity index (χ3v) is 7.40. The summed E-state index contributed by atoms with van der Waals surface area (Å²) in [4.78, 5) is 54.0. The van der Waals surface area contributed by atoms with Crippen molar-refractivity contribution in [3.8, 4) is 5.82 Å². The van der Waals surface area contributed by atoms with Crippen molar-refractivity contribution in [2.24, 2.45) is 5.41 Å². The smallest absolute Gasteiger partial charge is 0.328 e. The number of barbiturate groups is 1. The molecule has 3 aromatic rings. The van der Waals surface area contributed by atoms with Gasteiger partial charge in [0.05, 0.1) is 41.1 Å². The van der Waals surface area contributed by atoms with Crippen molar-refractivity contribution >= 4 is 40.4 Å². The molecule has 2 N–H and O–H groups in total. The molecule has 5 heterocycles. The second-order valence-corrected chi connectivity index (χ2v) is 10.1. The van der Waals surface area contributed by atoms with Crippen LogP contribution in [0.5, 0.6) is 0 Å². The van der Waals surface area contributed by atoms with Gasteiger partial charge in [-0.25, -0.2) is 13.9 Å². The van der Waals surface area contributed by atoms with E-state index < -0.39 is 41.2 Å². The number of fused-ring (bicyclic) bond motifs is 5. The fourth-order valence-corrected chi connectivity index (χ4v) is 5.91. The van der Waals surface area contributed by atoms with Crippen molar-refractivity contribution in [1.82, 2.24) is 30.5 Å². The predicted octanol–water partition coefficient (Wildman–Crippen LogP) is 0.745. The minimum absolute atomic E-state index is 0.132. The number of nitrogens with zero attached hydrogens (tertiary/aromatic N) is 5. The lowest BCUT2D eigenvalue weighted by molar-refractivity contribution is -0.153. The molecule has 0 saturated carbocycles. The van der Waals surface area contributed by atoms with Crippen molar-refractivity contribution in [1.29, 1.82) is 0 Å². The van der Waals surface area contributed by atoms with E-state index in [0.29, 0.717) is 11.1 Å². The topological polar surface area (TPSA) is 152 Å². The van der Waals surface area contributed by atoms with E-state index in [2.05, 4.69) is 20.9 Å². The number of anilines is 1. The van der Waals surface area contributed by atoms with Crippen LogP contribution in [0, 0.1) is 11.2 Å². The molecule has 13 nitrogen and oxygen atoms in total. The summed E-state index contributed by atoms with van der Waals surface area (Å²) in [6.45, 7) is 3.72. The first kappa shape index (κ1) is 24.0. The summed E-state index contributed by atoms with van der Waals surface area (Å²) in [5, 5.41) is 12.8. The van der Waals surface area contributed by atoms with E-state index in [1.165, 1.54) is 22.0 Å². The Morgan fingerprint density at radius 3 is 2.61 bits per heavy atom. The normalized spacial score (nSPS) is 24.2. The Bertz CT molecular complexity index is 1520. The first-order valence-corrected chi connectivity index (χ1v) is 12.0. The first-order chi connectivity index (χ1) is 18.0. The Kier molecular flexibility index (Phi) is 5.11. The summed E-state index contributed by atoms with van der Waals surface area (Å²) in [7, 11) is 3.21. The Morgan fingerprint density at radius 2 is 1.92 bits per heavy atom. The van der Waals surface area contributed by atoms with Crippen LogP contribution in [0.25, 0.3) is 16.8 Å². The summed E-state index contributed by atoms with van der Waals surface area (Å²) < 4.78 is 28.9. The number of imide groups is 2. The molecule has 1 aromatic carbocycles. The Hall–Kier alpha value is -4.33. The van der Waals surface area contributed by atoms with E-state index in [9.17, 15) is 19.2 Å². The van der Waals surface area contributed by atoms with Gasteiger partial charge in [0, 0.05) is 33.3 Å². The van der Waals surface area contributed by atoms with Crippen molar-refractivity contribution in [3.63, 3.8) is 0 Å². The van der Waals surface area contributed by atoms with Crippen molar-refractivity contribution < 1.29 is 32.8 Å². The van der Waals surface area contributed by atoms with Crippen LogP contribution >= 0.6 is 0 Å². The molecule has 2 fully saturated rings. The van der Waals surface area contributed by atoms with Crippen LogP contribution in [0.2, 0.25) is 0 Å².